The number of hydrogen-bond donors (Lipinski definition) is 2. The van der Waals surface area contributed by atoms with Crippen LogP contribution in [0.3, 0.4) is 0 Å². The summed E-state index contributed by atoms with van der Waals surface area (Å²) in [5.74, 6) is -3.22. The van der Waals surface area contributed by atoms with E-state index in [2.05, 4.69) is 5.32 Å². The summed E-state index contributed by atoms with van der Waals surface area (Å²) in [6, 6.07) is 3.32. The number of nitrogens with zero attached hydrogens (tertiary/aromatic N) is 1. The summed E-state index contributed by atoms with van der Waals surface area (Å²) in [7, 11) is -3.89. The number of thiophene rings is 1. The summed E-state index contributed by atoms with van der Waals surface area (Å²) in [6.45, 7) is -0.302. The quantitative estimate of drug-likeness (QED) is 0.754. The van der Waals surface area contributed by atoms with Crippen molar-refractivity contribution in [1.82, 2.24) is 9.62 Å². The van der Waals surface area contributed by atoms with Crippen LogP contribution in [0.25, 0.3) is 0 Å². The molecule has 0 aliphatic carbocycles. The Bertz CT molecular complexity index is 958. The molecule has 1 aliphatic rings. The second kappa shape index (κ2) is 7.70. The van der Waals surface area contributed by atoms with Crippen LogP contribution in [0.5, 0.6) is 5.75 Å². The van der Waals surface area contributed by atoms with Crippen LogP contribution in [-0.2, 0) is 21.4 Å². The minimum atomic E-state index is -3.89. The topological polar surface area (TPSA) is 86.7 Å². The Hall–Kier alpha value is -1.75. The number of phenolic OH excluding ortho intramolecular Hbond substituents is 1. The predicted octanol–water partition coefficient (Wildman–Crippen LogP) is 2.85. The molecule has 1 aromatic carbocycles. The molecule has 0 saturated carbocycles. The van der Waals surface area contributed by atoms with Crippen LogP contribution in [0.1, 0.15) is 18.4 Å². The van der Waals surface area contributed by atoms with Gasteiger partial charge in [-0.15, -0.1) is 11.3 Å². The van der Waals surface area contributed by atoms with Crippen molar-refractivity contribution in [2.45, 2.75) is 29.6 Å². The molecule has 1 amide bonds. The van der Waals surface area contributed by atoms with Crippen molar-refractivity contribution in [3.05, 3.63) is 45.8 Å². The van der Waals surface area contributed by atoms with Gasteiger partial charge in [0.15, 0.2) is 0 Å². The number of benzene rings is 1. The fourth-order valence-electron chi connectivity index (χ4n) is 2.89. The van der Waals surface area contributed by atoms with E-state index < -0.39 is 51.5 Å². The van der Waals surface area contributed by atoms with E-state index in [0.717, 1.165) is 27.8 Å². The lowest BCUT2D eigenvalue weighted by Gasteiger charge is -2.22. The fraction of sp³-hybridized carbons (Fsp3) is 0.312. The van der Waals surface area contributed by atoms with E-state index in [1.54, 1.807) is 0 Å². The molecular weight excluding hydrogens is 422 g/mol. The van der Waals surface area contributed by atoms with Gasteiger partial charge in [0.1, 0.15) is 27.6 Å². The minimum Gasteiger partial charge on any atom is -0.508 e. The molecule has 1 saturated heterocycles. The highest BCUT2D eigenvalue weighted by Crippen LogP contribution is 2.32. The van der Waals surface area contributed by atoms with E-state index in [-0.39, 0.29) is 10.8 Å². The van der Waals surface area contributed by atoms with Gasteiger partial charge in [-0.2, -0.15) is 4.31 Å². The summed E-state index contributed by atoms with van der Waals surface area (Å²) in [6.07, 6.45) is 0.781. The van der Waals surface area contributed by atoms with E-state index in [4.69, 9.17) is 16.7 Å². The van der Waals surface area contributed by atoms with Gasteiger partial charge in [-0.25, -0.2) is 17.2 Å². The third kappa shape index (κ3) is 4.08. The summed E-state index contributed by atoms with van der Waals surface area (Å²) < 4.78 is 54.4. The third-order valence-corrected chi connectivity index (χ3v) is 7.79. The Morgan fingerprint density at radius 3 is 2.59 bits per heavy atom. The number of nitrogens with one attached hydrogen (secondary N) is 1. The van der Waals surface area contributed by atoms with Crippen molar-refractivity contribution in [2.24, 2.45) is 0 Å². The van der Waals surface area contributed by atoms with Crippen molar-refractivity contribution in [2.75, 3.05) is 6.54 Å². The molecule has 2 heterocycles. The zero-order valence-electron chi connectivity index (χ0n) is 13.8. The smallest absolute Gasteiger partial charge is 0.253 e. The van der Waals surface area contributed by atoms with Crippen LogP contribution >= 0.6 is 22.9 Å². The van der Waals surface area contributed by atoms with Gasteiger partial charge in [-0.1, -0.05) is 11.6 Å². The maximum Gasteiger partial charge on any atom is 0.253 e. The molecule has 0 radical (unpaired) electrons. The summed E-state index contributed by atoms with van der Waals surface area (Å²) in [5, 5.41) is 11.5. The molecular formula is C16H15ClF2N2O4S2. The average Bonchev–Trinajstić information content (AvgIpc) is 3.23. The first-order valence-electron chi connectivity index (χ1n) is 7.92. The van der Waals surface area contributed by atoms with Crippen molar-refractivity contribution in [1.29, 1.82) is 0 Å². The van der Waals surface area contributed by atoms with Crippen molar-refractivity contribution in [3.63, 3.8) is 0 Å². The average molecular weight is 437 g/mol. The van der Waals surface area contributed by atoms with E-state index in [1.807, 2.05) is 0 Å². The van der Waals surface area contributed by atoms with Gasteiger partial charge in [0.2, 0.25) is 5.91 Å². The summed E-state index contributed by atoms with van der Waals surface area (Å²) in [4.78, 5) is 12.5. The lowest BCUT2D eigenvalue weighted by molar-refractivity contribution is -0.124. The van der Waals surface area contributed by atoms with Gasteiger partial charge in [-0.3, -0.25) is 4.79 Å². The van der Waals surface area contributed by atoms with Crippen LogP contribution in [0, 0.1) is 11.6 Å². The van der Waals surface area contributed by atoms with Gasteiger partial charge in [-0.05, 0) is 25.0 Å². The van der Waals surface area contributed by atoms with Gasteiger partial charge >= 0.3 is 0 Å². The van der Waals surface area contributed by atoms with Crippen LogP contribution in [-0.4, -0.2) is 36.3 Å². The van der Waals surface area contributed by atoms with Gasteiger partial charge in [0.25, 0.3) is 10.0 Å². The first kappa shape index (κ1) is 20.0. The van der Waals surface area contributed by atoms with Crippen molar-refractivity contribution >= 4 is 38.9 Å². The Labute approximate surface area is 163 Å². The van der Waals surface area contributed by atoms with Crippen LogP contribution in [0.15, 0.2) is 28.5 Å². The first-order chi connectivity index (χ1) is 12.7. The lowest BCUT2D eigenvalue weighted by Crippen LogP contribution is -2.45. The molecule has 1 aromatic heterocycles. The van der Waals surface area contributed by atoms with E-state index in [0.29, 0.717) is 17.2 Å². The van der Waals surface area contributed by atoms with Crippen LogP contribution < -0.4 is 5.32 Å². The third-order valence-electron chi connectivity index (χ3n) is 4.18. The molecule has 0 spiro atoms. The number of rotatable bonds is 5. The Morgan fingerprint density at radius 1 is 1.33 bits per heavy atom. The normalized spacial score (nSPS) is 18.0. The van der Waals surface area contributed by atoms with E-state index in [9.17, 15) is 22.0 Å². The zero-order valence-corrected chi connectivity index (χ0v) is 16.2. The number of carbonyl (C=O) groups is 1. The minimum absolute atomic E-state index is 0.0304. The molecule has 146 valence electrons. The van der Waals surface area contributed by atoms with E-state index >= 15 is 0 Å². The lowest BCUT2D eigenvalue weighted by atomic mass is 10.1. The molecule has 0 unspecified atom stereocenters. The number of halogens is 3. The molecule has 3 rings (SSSR count). The Morgan fingerprint density at radius 2 is 2.00 bits per heavy atom. The Kier molecular flexibility index (Phi) is 5.71. The van der Waals surface area contributed by atoms with Crippen molar-refractivity contribution < 1.29 is 27.1 Å². The Balaban J connectivity index is 1.75. The van der Waals surface area contributed by atoms with Crippen molar-refractivity contribution in [3.8, 4) is 5.75 Å². The molecule has 2 aromatic rings. The maximum absolute atomic E-state index is 13.8. The molecule has 1 aliphatic heterocycles. The molecule has 0 bridgehead atoms. The predicted molar refractivity (Wildman–Crippen MR) is 96.1 cm³/mol. The molecule has 6 nitrogen and oxygen atoms in total. The molecule has 1 atom stereocenters. The van der Waals surface area contributed by atoms with Gasteiger partial charge < -0.3 is 10.4 Å². The highest BCUT2D eigenvalue weighted by molar-refractivity contribution is 7.91. The van der Waals surface area contributed by atoms with Gasteiger partial charge in [0.05, 0.1) is 4.34 Å². The monoisotopic (exact) mass is 436 g/mol. The molecule has 11 heteroatoms. The zero-order chi connectivity index (χ0) is 19.8. The summed E-state index contributed by atoms with van der Waals surface area (Å²) >= 11 is 6.69. The van der Waals surface area contributed by atoms with Crippen LogP contribution in [0.2, 0.25) is 4.34 Å². The molecule has 1 fully saturated rings. The number of phenols is 1. The number of carbonyl (C=O) groups excluding carboxylic acids is 1. The van der Waals surface area contributed by atoms with Gasteiger partial charge in [0, 0.05) is 30.8 Å². The second-order valence-electron chi connectivity index (χ2n) is 5.94. The largest absolute Gasteiger partial charge is 0.508 e. The fourth-order valence-corrected chi connectivity index (χ4v) is 6.16. The number of hydrogen-bond acceptors (Lipinski definition) is 5. The first-order valence-corrected chi connectivity index (χ1v) is 10.6. The molecule has 2 N–H and O–H groups in total. The number of aromatic hydroxyl groups is 1. The standard InChI is InChI=1S/C16H15ClF2N2O4S2/c17-14-3-4-15(26-14)27(24,25)21-5-1-2-13(21)16(23)20-8-10-11(18)6-9(22)7-12(10)19/h3-4,6-7,13,22H,1-2,5,8H2,(H,20,23)/t13-/m0/s1. The van der Waals surface area contributed by atoms with E-state index in [1.165, 1.54) is 12.1 Å². The SMILES string of the molecule is O=C(NCc1c(F)cc(O)cc1F)[C@@H]1CCCN1S(=O)(=O)c1ccc(Cl)s1. The maximum atomic E-state index is 13.8. The van der Waals surface area contributed by atoms with Crippen LogP contribution in [0.4, 0.5) is 8.78 Å². The highest BCUT2D eigenvalue weighted by Gasteiger charge is 2.40. The second-order valence-corrected chi connectivity index (χ2v) is 9.77. The number of amides is 1. The summed E-state index contributed by atoms with van der Waals surface area (Å²) in [5.41, 5.74) is -0.418. The molecule has 27 heavy (non-hydrogen) atoms. The highest BCUT2D eigenvalue weighted by atomic mass is 35.5. The number of sulfonamides is 1.